The normalized spacial score (nSPS) is 9.75. The van der Waals surface area contributed by atoms with Gasteiger partial charge >= 0.3 is 12.0 Å². The van der Waals surface area contributed by atoms with Crippen LogP contribution in [0.1, 0.15) is 18.4 Å². The average Bonchev–Trinajstić information content (AvgIpc) is 2.74. The largest absolute Gasteiger partial charge is 0.481 e. The predicted octanol–water partition coefficient (Wildman–Crippen LogP) is 1.41. The molecular formula is C10H14N2O3S. The van der Waals surface area contributed by atoms with Gasteiger partial charge in [0.2, 0.25) is 0 Å². The van der Waals surface area contributed by atoms with E-state index in [2.05, 4.69) is 10.6 Å². The van der Waals surface area contributed by atoms with Crippen LogP contribution in [-0.4, -0.2) is 23.7 Å². The number of hydrogen-bond acceptors (Lipinski definition) is 3. The van der Waals surface area contributed by atoms with Crippen LogP contribution in [0.4, 0.5) is 4.79 Å². The van der Waals surface area contributed by atoms with Crippen LogP contribution in [-0.2, 0) is 11.3 Å². The van der Waals surface area contributed by atoms with Crippen molar-refractivity contribution in [3.8, 4) is 0 Å². The molecule has 0 saturated heterocycles. The Labute approximate surface area is 97.5 Å². The number of aliphatic carboxylic acids is 1. The van der Waals surface area contributed by atoms with Crippen LogP contribution in [0.2, 0.25) is 0 Å². The smallest absolute Gasteiger partial charge is 0.315 e. The number of carbonyl (C=O) groups is 2. The average molecular weight is 242 g/mol. The number of nitrogens with one attached hydrogen (secondary N) is 2. The molecule has 0 unspecified atom stereocenters. The van der Waals surface area contributed by atoms with Gasteiger partial charge in [-0.1, -0.05) is 0 Å². The van der Waals surface area contributed by atoms with Crippen molar-refractivity contribution in [1.29, 1.82) is 0 Å². The van der Waals surface area contributed by atoms with Crippen molar-refractivity contribution in [2.75, 3.05) is 6.54 Å². The summed E-state index contributed by atoms with van der Waals surface area (Å²) in [7, 11) is 0. The number of rotatable bonds is 6. The van der Waals surface area contributed by atoms with Gasteiger partial charge in [-0.3, -0.25) is 4.79 Å². The van der Waals surface area contributed by atoms with Gasteiger partial charge in [-0.05, 0) is 28.8 Å². The fourth-order valence-electron chi connectivity index (χ4n) is 1.08. The first kappa shape index (κ1) is 12.5. The zero-order valence-electron chi connectivity index (χ0n) is 8.73. The highest BCUT2D eigenvalue weighted by molar-refractivity contribution is 7.07. The standard InChI is InChI=1S/C10H14N2O3S/c13-9(14)2-1-4-11-10(15)12-6-8-3-5-16-7-8/h3,5,7H,1-2,4,6H2,(H,13,14)(H2,11,12,15). The van der Waals surface area contributed by atoms with Crippen molar-refractivity contribution in [2.24, 2.45) is 0 Å². The maximum Gasteiger partial charge on any atom is 0.315 e. The quantitative estimate of drug-likeness (QED) is 0.660. The van der Waals surface area contributed by atoms with Gasteiger partial charge in [0, 0.05) is 19.5 Å². The molecule has 2 amide bonds. The summed E-state index contributed by atoms with van der Waals surface area (Å²) in [5.41, 5.74) is 1.06. The van der Waals surface area contributed by atoms with Gasteiger partial charge < -0.3 is 15.7 Å². The number of urea groups is 1. The number of hydrogen-bond donors (Lipinski definition) is 3. The third-order valence-electron chi connectivity index (χ3n) is 1.89. The Morgan fingerprint density at radius 3 is 2.81 bits per heavy atom. The summed E-state index contributed by atoms with van der Waals surface area (Å²) in [5.74, 6) is -0.847. The van der Waals surface area contributed by atoms with E-state index >= 15 is 0 Å². The Kier molecular flexibility index (Phi) is 5.35. The monoisotopic (exact) mass is 242 g/mol. The molecular weight excluding hydrogens is 228 g/mol. The Hall–Kier alpha value is -1.56. The van der Waals surface area contributed by atoms with E-state index in [0.29, 0.717) is 19.5 Å². The molecule has 0 saturated carbocycles. The van der Waals surface area contributed by atoms with E-state index in [-0.39, 0.29) is 12.5 Å². The van der Waals surface area contributed by atoms with Gasteiger partial charge in [0.15, 0.2) is 0 Å². The molecule has 1 aromatic heterocycles. The van der Waals surface area contributed by atoms with Gasteiger partial charge in [-0.25, -0.2) is 4.79 Å². The minimum absolute atomic E-state index is 0.0742. The van der Waals surface area contributed by atoms with Crippen molar-refractivity contribution in [1.82, 2.24) is 10.6 Å². The van der Waals surface area contributed by atoms with Gasteiger partial charge in [-0.2, -0.15) is 11.3 Å². The van der Waals surface area contributed by atoms with E-state index in [4.69, 9.17) is 5.11 Å². The fraction of sp³-hybridized carbons (Fsp3) is 0.400. The lowest BCUT2D eigenvalue weighted by atomic mass is 10.3. The lowest BCUT2D eigenvalue weighted by molar-refractivity contribution is -0.137. The molecule has 0 radical (unpaired) electrons. The van der Waals surface area contributed by atoms with Crippen molar-refractivity contribution in [2.45, 2.75) is 19.4 Å². The van der Waals surface area contributed by atoms with Crippen LogP contribution in [0.15, 0.2) is 16.8 Å². The summed E-state index contributed by atoms with van der Waals surface area (Å²) in [6.45, 7) is 0.871. The van der Waals surface area contributed by atoms with Gasteiger partial charge in [0.05, 0.1) is 0 Å². The Balaban J connectivity index is 2.05. The van der Waals surface area contributed by atoms with Crippen LogP contribution in [0.3, 0.4) is 0 Å². The molecule has 3 N–H and O–H groups in total. The second-order valence-electron chi connectivity index (χ2n) is 3.24. The number of carbonyl (C=O) groups excluding carboxylic acids is 1. The molecule has 16 heavy (non-hydrogen) atoms. The lowest BCUT2D eigenvalue weighted by Crippen LogP contribution is -2.35. The van der Waals surface area contributed by atoms with E-state index in [1.807, 2.05) is 16.8 Å². The zero-order chi connectivity index (χ0) is 11.8. The number of carboxylic acids is 1. The highest BCUT2D eigenvalue weighted by atomic mass is 32.1. The first-order valence-electron chi connectivity index (χ1n) is 4.93. The minimum Gasteiger partial charge on any atom is -0.481 e. The molecule has 0 aliphatic rings. The predicted molar refractivity (Wildman–Crippen MR) is 61.4 cm³/mol. The maximum atomic E-state index is 11.2. The highest BCUT2D eigenvalue weighted by Crippen LogP contribution is 2.04. The van der Waals surface area contributed by atoms with E-state index < -0.39 is 5.97 Å². The highest BCUT2D eigenvalue weighted by Gasteiger charge is 2.01. The molecule has 1 heterocycles. The van der Waals surface area contributed by atoms with Crippen LogP contribution in [0.25, 0.3) is 0 Å². The Bertz CT molecular complexity index is 338. The van der Waals surface area contributed by atoms with Crippen LogP contribution in [0, 0.1) is 0 Å². The minimum atomic E-state index is -0.847. The second kappa shape index (κ2) is 6.84. The maximum absolute atomic E-state index is 11.2. The molecule has 0 aromatic carbocycles. The van der Waals surface area contributed by atoms with Crippen molar-refractivity contribution < 1.29 is 14.7 Å². The number of amides is 2. The molecule has 0 fully saturated rings. The lowest BCUT2D eigenvalue weighted by Gasteiger charge is -2.05. The molecule has 0 spiro atoms. The van der Waals surface area contributed by atoms with Gasteiger partial charge in [-0.15, -0.1) is 0 Å². The molecule has 0 atom stereocenters. The van der Waals surface area contributed by atoms with Crippen LogP contribution < -0.4 is 10.6 Å². The number of carboxylic acid groups (broad SMARTS) is 1. The molecule has 6 heteroatoms. The summed E-state index contributed by atoms with van der Waals surface area (Å²) in [6, 6.07) is 1.67. The van der Waals surface area contributed by atoms with Crippen LogP contribution in [0.5, 0.6) is 0 Å². The van der Waals surface area contributed by atoms with Crippen molar-refractivity contribution >= 4 is 23.3 Å². The van der Waals surface area contributed by atoms with Crippen molar-refractivity contribution in [3.63, 3.8) is 0 Å². The summed E-state index contributed by atoms with van der Waals surface area (Å²) < 4.78 is 0. The molecule has 5 nitrogen and oxygen atoms in total. The van der Waals surface area contributed by atoms with Gasteiger partial charge in [0.1, 0.15) is 0 Å². The molecule has 1 rings (SSSR count). The third kappa shape index (κ3) is 5.35. The molecule has 0 aliphatic heterocycles. The summed E-state index contributed by atoms with van der Waals surface area (Å²) in [5, 5.41) is 17.6. The SMILES string of the molecule is O=C(O)CCCNC(=O)NCc1ccsc1. The van der Waals surface area contributed by atoms with E-state index in [1.54, 1.807) is 11.3 Å². The van der Waals surface area contributed by atoms with E-state index in [9.17, 15) is 9.59 Å². The molecule has 88 valence electrons. The Morgan fingerprint density at radius 2 is 2.19 bits per heavy atom. The van der Waals surface area contributed by atoms with Crippen LogP contribution >= 0.6 is 11.3 Å². The van der Waals surface area contributed by atoms with Gasteiger partial charge in [0.25, 0.3) is 0 Å². The summed E-state index contributed by atoms with van der Waals surface area (Å²) in [6.07, 6.45) is 0.520. The zero-order valence-corrected chi connectivity index (χ0v) is 9.55. The third-order valence-corrected chi connectivity index (χ3v) is 2.62. The number of thiophene rings is 1. The second-order valence-corrected chi connectivity index (χ2v) is 4.02. The summed E-state index contributed by atoms with van der Waals surface area (Å²) in [4.78, 5) is 21.4. The summed E-state index contributed by atoms with van der Waals surface area (Å²) >= 11 is 1.58. The molecule has 0 bridgehead atoms. The first-order valence-corrected chi connectivity index (χ1v) is 5.87. The first-order chi connectivity index (χ1) is 7.68. The Morgan fingerprint density at radius 1 is 1.38 bits per heavy atom. The fourth-order valence-corrected chi connectivity index (χ4v) is 1.75. The molecule has 1 aromatic rings. The van der Waals surface area contributed by atoms with E-state index in [1.165, 1.54) is 0 Å². The topological polar surface area (TPSA) is 78.4 Å². The van der Waals surface area contributed by atoms with Crippen molar-refractivity contribution in [3.05, 3.63) is 22.4 Å². The van der Waals surface area contributed by atoms with E-state index in [0.717, 1.165) is 5.56 Å². The molecule has 0 aliphatic carbocycles.